The Morgan fingerprint density at radius 3 is 2.05 bits per heavy atom. The van der Waals surface area contributed by atoms with Crippen molar-refractivity contribution in [1.29, 1.82) is 0 Å². The number of hydrogen-bond acceptors (Lipinski definition) is 6. The highest BCUT2D eigenvalue weighted by Gasteiger charge is 2.19. The third-order valence-corrected chi connectivity index (χ3v) is 2.66. The number of esters is 2. The van der Waals surface area contributed by atoms with E-state index in [1.54, 1.807) is 0 Å². The Balaban J connectivity index is 2.12. The maximum absolute atomic E-state index is 11.8. The third-order valence-electron chi connectivity index (χ3n) is 2.66. The first-order valence-corrected chi connectivity index (χ1v) is 5.90. The third kappa shape index (κ3) is 3.30. The maximum Gasteiger partial charge on any atom is 0.343 e. The molecule has 0 fully saturated rings. The Hall–Kier alpha value is -3.02. The van der Waals surface area contributed by atoms with Gasteiger partial charge in [-0.2, -0.15) is 0 Å². The molecule has 1 aromatic rings. The second kappa shape index (κ2) is 5.96. The van der Waals surface area contributed by atoms with Gasteiger partial charge in [0.15, 0.2) is 11.5 Å². The molecular formula is C15H10O6. The summed E-state index contributed by atoms with van der Waals surface area (Å²) in [6.45, 7) is 0. The van der Waals surface area contributed by atoms with E-state index in [2.05, 4.69) is 4.74 Å². The molecule has 0 amide bonds. The van der Waals surface area contributed by atoms with Gasteiger partial charge in [-0.25, -0.2) is 9.59 Å². The van der Waals surface area contributed by atoms with Crippen LogP contribution in [0.15, 0.2) is 48.3 Å². The van der Waals surface area contributed by atoms with Gasteiger partial charge in [0.2, 0.25) is 5.78 Å². The van der Waals surface area contributed by atoms with E-state index in [-0.39, 0.29) is 16.9 Å². The van der Waals surface area contributed by atoms with Crippen LogP contribution >= 0.6 is 0 Å². The number of ketones is 2. The lowest BCUT2D eigenvalue weighted by Gasteiger charge is -2.08. The van der Waals surface area contributed by atoms with Crippen molar-refractivity contribution in [2.24, 2.45) is 0 Å². The van der Waals surface area contributed by atoms with Crippen LogP contribution in [0.1, 0.15) is 20.7 Å². The highest BCUT2D eigenvalue weighted by atomic mass is 16.5. The molecular weight excluding hydrogens is 276 g/mol. The lowest BCUT2D eigenvalue weighted by molar-refractivity contribution is -0.116. The molecule has 0 aliphatic heterocycles. The van der Waals surface area contributed by atoms with E-state index in [9.17, 15) is 19.2 Å². The number of carbonyl (C=O) groups excluding carboxylic acids is 4. The second-order valence-corrected chi connectivity index (χ2v) is 4.07. The van der Waals surface area contributed by atoms with Crippen molar-refractivity contribution in [3.63, 3.8) is 0 Å². The van der Waals surface area contributed by atoms with Crippen molar-refractivity contribution in [3.05, 3.63) is 59.4 Å². The first-order valence-electron chi connectivity index (χ1n) is 5.90. The number of allylic oxidation sites excluding steroid dienone is 3. The van der Waals surface area contributed by atoms with Crippen LogP contribution in [0.25, 0.3) is 0 Å². The minimum Gasteiger partial charge on any atom is -0.465 e. The zero-order valence-corrected chi connectivity index (χ0v) is 11.0. The molecule has 1 aliphatic rings. The monoisotopic (exact) mass is 286 g/mol. The summed E-state index contributed by atoms with van der Waals surface area (Å²) in [5.74, 6) is -2.65. The molecule has 106 valence electrons. The Kier molecular flexibility index (Phi) is 4.08. The molecule has 21 heavy (non-hydrogen) atoms. The van der Waals surface area contributed by atoms with Crippen LogP contribution in [-0.4, -0.2) is 30.6 Å². The molecule has 0 heterocycles. The van der Waals surface area contributed by atoms with Crippen LogP contribution in [-0.2, 0) is 19.1 Å². The zero-order valence-electron chi connectivity index (χ0n) is 11.0. The van der Waals surface area contributed by atoms with Gasteiger partial charge in [0, 0.05) is 6.08 Å². The summed E-state index contributed by atoms with van der Waals surface area (Å²) in [7, 11) is 1.25. The van der Waals surface area contributed by atoms with Gasteiger partial charge < -0.3 is 9.47 Å². The average molecular weight is 286 g/mol. The standard InChI is InChI=1S/C15H10O6/c1-20-14(18)9-2-4-10(5-3-9)15(19)21-13-8-11(16)6-7-12(13)17/h2-8H,1H3. The fourth-order valence-corrected chi connectivity index (χ4v) is 1.59. The zero-order chi connectivity index (χ0) is 15.4. The van der Waals surface area contributed by atoms with Gasteiger partial charge in [-0.15, -0.1) is 0 Å². The Labute approximate surface area is 119 Å². The second-order valence-electron chi connectivity index (χ2n) is 4.07. The van der Waals surface area contributed by atoms with Gasteiger partial charge in [-0.1, -0.05) is 0 Å². The number of benzene rings is 1. The van der Waals surface area contributed by atoms with E-state index >= 15 is 0 Å². The molecule has 1 aliphatic carbocycles. The molecule has 0 saturated carbocycles. The SMILES string of the molecule is COC(=O)c1ccc(C(=O)OC2=CC(=O)C=CC2=O)cc1. The van der Waals surface area contributed by atoms with E-state index < -0.39 is 23.5 Å². The summed E-state index contributed by atoms with van der Waals surface area (Å²) < 4.78 is 9.40. The summed E-state index contributed by atoms with van der Waals surface area (Å²) in [4.78, 5) is 45.7. The molecule has 0 N–H and O–H groups in total. The lowest BCUT2D eigenvalue weighted by Crippen LogP contribution is -2.15. The lowest BCUT2D eigenvalue weighted by atomic mass is 10.1. The van der Waals surface area contributed by atoms with Crippen LogP contribution in [0.4, 0.5) is 0 Å². The Morgan fingerprint density at radius 2 is 1.48 bits per heavy atom. The van der Waals surface area contributed by atoms with Crippen LogP contribution in [0, 0.1) is 0 Å². The first kappa shape index (κ1) is 14.4. The smallest absolute Gasteiger partial charge is 0.343 e. The Morgan fingerprint density at radius 1 is 0.905 bits per heavy atom. The van der Waals surface area contributed by atoms with E-state index in [1.165, 1.54) is 31.4 Å². The highest BCUT2D eigenvalue weighted by Crippen LogP contribution is 2.12. The minimum atomic E-state index is -0.797. The molecule has 1 aromatic carbocycles. The van der Waals surface area contributed by atoms with E-state index in [0.29, 0.717) is 0 Å². The van der Waals surface area contributed by atoms with Crippen molar-refractivity contribution in [2.75, 3.05) is 7.11 Å². The van der Waals surface area contributed by atoms with E-state index in [4.69, 9.17) is 4.74 Å². The van der Waals surface area contributed by atoms with E-state index in [1.807, 2.05) is 0 Å². The van der Waals surface area contributed by atoms with Crippen molar-refractivity contribution < 1.29 is 28.7 Å². The van der Waals surface area contributed by atoms with Gasteiger partial charge in [-0.3, -0.25) is 9.59 Å². The predicted molar refractivity (Wildman–Crippen MR) is 70.4 cm³/mol. The minimum absolute atomic E-state index is 0.137. The summed E-state index contributed by atoms with van der Waals surface area (Å²) in [5, 5.41) is 0. The molecule has 0 radical (unpaired) electrons. The largest absolute Gasteiger partial charge is 0.465 e. The van der Waals surface area contributed by atoms with Crippen molar-refractivity contribution in [3.8, 4) is 0 Å². The number of hydrogen-bond donors (Lipinski definition) is 0. The summed E-state index contributed by atoms with van der Waals surface area (Å²) in [6.07, 6.45) is 3.07. The van der Waals surface area contributed by atoms with E-state index in [0.717, 1.165) is 18.2 Å². The molecule has 0 bridgehead atoms. The molecule has 0 spiro atoms. The molecule has 6 nitrogen and oxygen atoms in total. The fraction of sp³-hybridized carbons (Fsp3) is 0.0667. The summed E-state index contributed by atoms with van der Waals surface area (Å²) >= 11 is 0. The topological polar surface area (TPSA) is 86.7 Å². The number of methoxy groups -OCH3 is 1. The number of ether oxygens (including phenoxy) is 2. The van der Waals surface area contributed by atoms with Gasteiger partial charge in [-0.05, 0) is 36.4 Å². The quantitative estimate of drug-likeness (QED) is 0.613. The molecule has 0 aromatic heterocycles. The first-order chi connectivity index (χ1) is 10.0. The van der Waals surface area contributed by atoms with Crippen molar-refractivity contribution >= 4 is 23.5 Å². The van der Waals surface area contributed by atoms with Crippen molar-refractivity contribution in [1.82, 2.24) is 0 Å². The van der Waals surface area contributed by atoms with Crippen LogP contribution < -0.4 is 0 Å². The summed E-state index contributed by atoms with van der Waals surface area (Å²) in [6, 6.07) is 5.51. The molecule has 6 heteroatoms. The van der Waals surface area contributed by atoms with Gasteiger partial charge in [0.05, 0.1) is 18.2 Å². The molecule has 2 rings (SSSR count). The number of carbonyl (C=O) groups is 4. The molecule has 0 atom stereocenters. The van der Waals surface area contributed by atoms with Gasteiger partial charge in [0.1, 0.15) is 0 Å². The number of rotatable bonds is 3. The van der Waals surface area contributed by atoms with Crippen LogP contribution in [0.5, 0.6) is 0 Å². The fourth-order valence-electron chi connectivity index (χ4n) is 1.59. The Bertz CT molecular complexity index is 679. The average Bonchev–Trinajstić information content (AvgIpc) is 2.50. The van der Waals surface area contributed by atoms with Crippen LogP contribution in [0.2, 0.25) is 0 Å². The normalized spacial score (nSPS) is 13.7. The summed E-state index contributed by atoms with van der Waals surface area (Å²) in [5.41, 5.74) is 0.415. The molecule has 0 saturated heterocycles. The van der Waals surface area contributed by atoms with Crippen molar-refractivity contribution in [2.45, 2.75) is 0 Å². The van der Waals surface area contributed by atoms with Gasteiger partial charge in [0.25, 0.3) is 0 Å². The highest BCUT2D eigenvalue weighted by molar-refractivity contribution is 6.17. The predicted octanol–water partition coefficient (Wildman–Crippen LogP) is 1.22. The molecule has 0 unspecified atom stereocenters. The van der Waals surface area contributed by atoms with Gasteiger partial charge >= 0.3 is 11.9 Å². The van der Waals surface area contributed by atoms with Crippen LogP contribution in [0.3, 0.4) is 0 Å². The maximum atomic E-state index is 11.8.